The Hall–Kier alpha value is -1.35. The van der Waals surface area contributed by atoms with E-state index in [9.17, 15) is 4.79 Å². The molecule has 0 saturated heterocycles. The first kappa shape index (κ1) is 13.6. The average Bonchev–Trinajstić information content (AvgIpc) is 3.32. The molecule has 0 bridgehead atoms. The molecule has 0 radical (unpaired) electrons. The number of amides is 1. The van der Waals surface area contributed by atoms with Gasteiger partial charge in [0.25, 0.3) is 0 Å². The third kappa shape index (κ3) is 3.83. The SMILES string of the molecule is CC(C1CC1)N(CC(=O)NC1CC1)Cc1ccccc1. The molecule has 2 fully saturated rings. The van der Waals surface area contributed by atoms with Crippen molar-refractivity contribution >= 4 is 5.91 Å². The van der Waals surface area contributed by atoms with E-state index in [1.54, 1.807) is 0 Å². The van der Waals surface area contributed by atoms with Gasteiger partial charge in [-0.15, -0.1) is 0 Å². The molecule has 1 amide bonds. The molecule has 3 rings (SSSR count). The molecule has 2 saturated carbocycles. The van der Waals surface area contributed by atoms with Crippen LogP contribution in [0.4, 0.5) is 0 Å². The Morgan fingerprint density at radius 3 is 2.55 bits per heavy atom. The van der Waals surface area contributed by atoms with Crippen LogP contribution in [-0.4, -0.2) is 29.4 Å². The predicted octanol–water partition coefficient (Wildman–Crippen LogP) is 2.57. The Morgan fingerprint density at radius 2 is 1.95 bits per heavy atom. The number of hydrogen-bond donors (Lipinski definition) is 1. The molecule has 108 valence electrons. The minimum absolute atomic E-state index is 0.191. The second-order valence-electron chi connectivity index (χ2n) is 6.31. The van der Waals surface area contributed by atoms with Gasteiger partial charge in [0.1, 0.15) is 0 Å². The van der Waals surface area contributed by atoms with E-state index in [2.05, 4.69) is 41.4 Å². The average molecular weight is 272 g/mol. The van der Waals surface area contributed by atoms with Crippen LogP contribution >= 0.6 is 0 Å². The van der Waals surface area contributed by atoms with Gasteiger partial charge >= 0.3 is 0 Å². The highest BCUT2D eigenvalue weighted by molar-refractivity contribution is 5.78. The first-order chi connectivity index (χ1) is 9.72. The zero-order valence-corrected chi connectivity index (χ0v) is 12.2. The number of carbonyl (C=O) groups excluding carboxylic acids is 1. The van der Waals surface area contributed by atoms with Crippen LogP contribution in [0.3, 0.4) is 0 Å². The summed E-state index contributed by atoms with van der Waals surface area (Å²) in [5.74, 6) is 0.975. The summed E-state index contributed by atoms with van der Waals surface area (Å²) in [6.07, 6.45) is 4.94. The second-order valence-corrected chi connectivity index (χ2v) is 6.31. The molecule has 0 aliphatic heterocycles. The molecule has 2 aliphatic carbocycles. The molecule has 1 aromatic rings. The van der Waals surface area contributed by atoms with Crippen LogP contribution in [0.1, 0.15) is 38.2 Å². The maximum Gasteiger partial charge on any atom is 0.234 e. The van der Waals surface area contributed by atoms with Crippen molar-refractivity contribution in [2.75, 3.05) is 6.54 Å². The van der Waals surface area contributed by atoms with Crippen LogP contribution in [0.5, 0.6) is 0 Å². The van der Waals surface area contributed by atoms with Crippen molar-refractivity contribution in [3.8, 4) is 0 Å². The molecule has 1 aromatic carbocycles. The number of carbonyl (C=O) groups is 1. The molecule has 1 atom stereocenters. The summed E-state index contributed by atoms with van der Waals surface area (Å²) in [7, 11) is 0. The quantitative estimate of drug-likeness (QED) is 0.827. The molecule has 0 spiro atoms. The minimum atomic E-state index is 0.191. The number of benzene rings is 1. The van der Waals surface area contributed by atoms with Crippen molar-refractivity contribution in [2.24, 2.45) is 5.92 Å². The van der Waals surface area contributed by atoms with Crippen molar-refractivity contribution < 1.29 is 4.79 Å². The zero-order chi connectivity index (χ0) is 13.9. The van der Waals surface area contributed by atoms with Crippen LogP contribution in [0, 0.1) is 5.92 Å². The van der Waals surface area contributed by atoms with E-state index in [1.165, 1.54) is 18.4 Å². The molecule has 2 aliphatic rings. The summed E-state index contributed by atoms with van der Waals surface area (Å²) < 4.78 is 0. The van der Waals surface area contributed by atoms with Crippen LogP contribution < -0.4 is 5.32 Å². The monoisotopic (exact) mass is 272 g/mol. The van der Waals surface area contributed by atoms with E-state index in [0.717, 1.165) is 25.3 Å². The van der Waals surface area contributed by atoms with E-state index in [0.29, 0.717) is 18.6 Å². The highest BCUT2D eigenvalue weighted by atomic mass is 16.2. The minimum Gasteiger partial charge on any atom is -0.352 e. The maximum absolute atomic E-state index is 12.1. The summed E-state index contributed by atoms with van der Waals surface area (Å²) in [6, 6.07) is 11.4. The third-order valence-corrected chi connectivity index (χ3v) is 4.40. The Bertz CT molecular complexity index is 451. The molecule has 3 heteroatoms. The lowest BCUT2D eigenvalue weighted by atomic mass is 10.1. The first-order valence-electron chi connectivity index (χ1n) is 7.79. The number of nitrogens with one attached hydrogen (secondary N) is 1. The summed E-state index contributed by atoms with van der Waals surface area (Å²) in [4.78, 5) is 14.4. The fourth-order valence-corrected chi connectivity index (χ4v) is 2.72. The van der Waals surface area contributed by atoms with Gasteiger partial charge < -0.3 is 5.32 Å². The lowest BCUT2D eigenvalue weighted by Crippen LogP contribution is -2.42. The Morgan fingerprint density at radius 1 is 1.25 bits per heavy atom. The fourth-order valence-electron chi connectivity index (χ4n) is 2.72. The Kier molecular flexibility index (Phi) is 4.06. The van der Waals surface area contributed by atoms with Gasteiger partial charge in [-0.3, -0.25) is 9.69 Å². The molecular formula is C17H24N2O. The Balaban J connectivity index is 1.61. The summed E-state index contributed by atoms with van der Waals surface area (Å²) in [5.41, 5.74) is 1.29. The summed E-state index contributed by atoms with van der Waals surface area (Å²) in [6.45, 7) is 3.67. The van der Waals surface area contributed by atoms with Gasteiger partial charge in [0, 0.05) is 18.6 Å². The van der Waals surface area contributed by atoms with Gasteiger partial charge in [0.2, 0.25) is 5.91 Å². The van der Waals surface area contributed by atoms with Gasteiger partial charge in [0.05, 0.1) is 6.54 Å². The van der Waals surface area contributed by atoms with Crippen molar-refractivity contribution in [1.82, 2.24) is 10.2 Å². The van der Waals surface area contributed by atoms with Gasteiger partial charge in [-0.2, -0.15) is 0 Å². The van der Waals surface area contributed by atoms with Gasteiger partial charge in [0.15, 0.2) is 0 Å². The Labute approximate surface area is 121 Å². The summed E-state index contributed by atoms with van der Waals surface area (Å²) in [5, 5.41) is 3.10. The number of rotatable bonds is 7. The van der Waals surface area contributed by atoms with E-state index in [1.807, 2.05) is 6.07 Å². The number of hydrogen-bond acceptors (Lipinski definition) is 2. The molecule has 3 nitrogen and oxygen atoms in total. The van der Waals surface area contributed by atoms with Crippen molar-refractivity contribution in [1.29, 1.82) is 0 Å². The van der Waals surface area contributed by atoms with E-state index in [4.69, 9.17) is 0 Å². The van der Waals surface area contributed by atoms with Crippen LogP contribution in [0.15, 0.2) is 30.3 Å². The van der Waals surface area contributed by atoms with E-state index < -0.39 is 0 Å². The predicted molar refractivity (Wildman–Crippen MR) is 80.2 cm³/mol. The van der Waals surface area contributed by atoms with Crippen LogP contribution in [0.25, 0.3) is 0 Å². The summed E-state index contributed by atoms with van der Waals surface area (Å²) >= 11 is 0. The molecule has 1 unspecified atom stereocenters. The first-order valence-corrected chi connectivity index (χ1v) is 7.79. The largest absolute Gasteiger partial charge is 0.352 e. The smallest absolute Gasteiger partial charge is 0.234 e. The lowest BCUT2D eigenvalue weighted by Gasteiger charge is -2.28. The van der Waals surface area contributed by atoms with Crippen LogP contribution in [0.2, 0.25) is 0 Å². The van der Waals surface area contributed by atoms with Gasteiger partial charge in [-0.05, 0) is 44.1 Å². The topological polar surface area (TPSA) is 32.3 Å². The van der Waals surface area contributed by atoms with Crippen molar-refractivity contribution in [3.63, 3.8) is 0 Å². The third-order valence-electron chi connectivity index (χ3n) is 4.40. The molecule has 1 N–H and O–H groups in total. The zero-order valence-electron chi connectivity index (χ0n) is 12.2. The van der Waals surface area contributed by atoms with E-state index in [-0.39, 0.29) is 5.91 Å². The molecular weight excluding hydrogens is 248 g/mol. The highest BCUT2D eigenvalue weighted by Crippen LogP contribution is 2.35. The fraction of sp³-hybridized carbons (Fsp3) is 0.588. The van der Waals surface area contributed by atoms with Gasteiger partial charge in [-0.1, -0.05) is 30.3 Å². The molecule has 20 heavy (non-hydrogen) atoms. The van der Waals surface area contributed by atoms with Crippen molar-refractivity contribution in [2.45, 2.75) is 51.2 Å². The standard InChI is InChI=1S/C17H24N2O/c1-13(15-7-8-15)19(11-14-5-3-2-4-6-14)12-17(20)18-16-9-10-16/h2-6,13,15-16H,7-12H2,1H3,(H,18,20). The van der Waals surface area contributed by atoms with Crippen molar-refractivity contribution in [3.05, 3.63) is 35.9 Å². The molecule has 0 heterocycles. The van der Waals surface area contributed by atoms with E-state index >= 15 is 0 Å². The van der Waals surface area contributed by atoms with Gasteiger partial charge in [-0.25, -0.2) is 0 Å². The lowest BCUT2D eigenvalue weighted by molar-refractivity contribution is -0.123. The normalized spacial score (nSPS) is 19.9. The maximum atomic E-state index is 12.1. The van der Waals surface area contributed by atoms with Crippen LogP contribution in [-0.2, 0) is 11.3 Å². The second kappa shape index (κ2) is 5.96. The molecule has 0 aromatic heterocycles. The highest BCUT2D eigenvalue weighted by Gasteiger charge is 2.33. The number of nitrogens with zero attached hydrogens (tertiary/aromatic N) is 1.